The molecule has 3 atom stereocenters. The zero-order valence-electron chi connectivity index (χ0n) is 13.1. The number of hydrogen-bond acceptors (Lipinski definition) is 2. The van der Waals surface area contributed by atoms with Crippen molar-refractivity contribution in [2.45, 2.75) is 32.2 Å². The molecule has 0 amide bonds. The molecule has 2 aromatic rings. The predicted molar refractivity (Wildman–Crippen MR) is 88.6 cm³/mol. The van der Waals surface area contributed by atoms with Gasteiger partial charge in [0, 0.05) is 17.5 Å². The maximum Gasteiger partial charge on any atom is 0.123 e. The fraction of sp³-hybridized carbons (Fsp3) is 0.368. The van der Waals surface area contributed by atoms with Crippen LogP contribution < -0.4 is 10.5 Å². The van der Waals surface area contributed by atoms with E-state index in [1.165, 1.54) is 5.56 Å². The highest BCUT2D eigenvalue weighted by Gasteiger charge is 2.27. The summed E-state index contributed by atoms with van der Waals surface area (Å²) >= 11 is 0. The first-order valence-electron chi connectivity index (χ1n) is 7.62. The van der Waals surface area contributed by atoms with Crippen molar-refractivity contribution in [3.05, 3.63) is 65.7 Å². The van der Waals surface area contributed by atoms with Gasteiger partial charge in [0.2, 0.25) is 0 Å². The zero-order valence-corrected chi connectivity index (χ0v) is 13.1. The normalized spacial score (nSPS) is 15.2. The van der Waals surface area contributed by atoms with Crippen LogP contribution in [0.5, 0.6) is 5.75 Å². The first-order chi connectivity index (χ1) is 10.2. The van der Waals surface area contributed by atoms with Crippen molar-refractivity contribution >= 4 is 0 Å². The van der Waals surface area contributed by atoms with Gasteiger partial charge in [-0.15, -0.1) is 0 Å². The van der Waals surface area contributed by atoms with Crippen LogP contribution in [0.1, 0.15) is 43.4 Å². The van der Waals surface area contributed by atoms with Crippen molar-refractivity contribution < 1.29 is 4.74 Å². The van der Waals surface area contributed by atoms with Gasteiger partial charge in [0.05, 0.1) is 7.11 Å². The molecule has 2 aromatic carbocycles. The highest BCUT2D eigenvalue weighted by atomic mass is 16.5. The molecule has 2 N–H and O–H groups in total. The summed E-state index contributed by atoms with van der Waals surface area (Å²) in [7, 11) is 1.70. The highest BCUT2D eigenvalue weighted by Crippen LogP contribution is 2.39. The molecule has 0 radical (unpaired) electrons. The third kappa shape index (κ3) is 3.45. The summed E-state index contributed by atoms with van der Waals surface area (Å²) in [6.45, 7) is 4.49. The van der Waals surface area contributed by atoms with Crippen LogP contribution in [0.2, 0.25) is 0 Å². The van der Waals surface area contributed by atoms with Gasteiger partial charge in [-0.25, -0.2) is 0 Å². The lowest BCUT2D eigenvalue weighted by molar-refractivity contribution is 0.366. The summed E-state index contributed by atoms with van der Waals surface area (Å²) < 4.78 is 5.49. The van der Waals surface area contributed by atoms with E-state index in [9.17, 15) is 0 Å². The fourth-order valence-corrected chi connectivity index (χ4v) is 2.95. The minimum atomic E-state index is -0.0708. The standard InChI is InChI=1S/C19H25NO/c1-4-14(2)18(15-10-6-5-7-11-15)19(20)16-12-8-9-13-17(16)21-3/h5-14,18-19H,4,20H2,1-3H3. The fourth-order valence-electron chi connectivity index (χ4n) is 2.95. The summed E-state index contributed by atoms with van der Waals surface area (Å²) in [5.74, 6) is 1.66. The van der Waals surface area contributed by atoms with Crippen molar-refractivity contribution in [3.8, 4) is 5.75 Å². The zero-order chi connectivity index (χ0) is 15.2. The van der Waals surface area contributed by atoms with Crippen molar-refractivity contribution in [1.29, 1.82) is 0 Å². The van der Waals surface area contributed by atoms with Gasteiger partial charge < -0.3 is 10.5 Å². The smallest absolute Gasteiger partial charge is 0.123 e. The highest BCUT2D eigenvalue weighted by molar-refractivity contribution is 5.38. The molecule has 0 aliphatic heterocycles. The lowest BCUT2D eigenvalue weighted by atomic mass is 9.78. The average molecular weight is 283 g/mol. The molecule has 0 aliphatic carbocycles. The van der Waals surface area contributed by atoms with Crippen LogP contribution in [0.15, 0.2) is 54.6 Å². The quantitative estimate of drug-likeness (QED) is 0.845. The Kier molecular flexibility index (Phi) is 5.40. The van der Waals surface area contributed by atoms with Gasteiger partial charge in [-0.3, -0.25) is 0 Å². The average Bonchev–Trinajstić information content (AvgIpc) is 2.55. The van der Waals surface area contributed by atoms with E-state index in [2.05, 4.69) is 44.2 Å². The molecule has 3 unspecified atom stereocenters. The van der Waals surface area contributed by atoms with Crippen molar-refractivity contribution in [2.24, 2.45) is 11.7 Å². The lowest BCUT2D eigenvalue weighted by Gasteiger charge is -2.30. The second-order valence-electron chi connectivity index (χ2n) is 5.59. The molecule has 2 heteroatoms. The van der Waals surface area contributed by atoms with Crippen LogP contribution in [0.25, 0.3) is 0 Å². The van der Waals surface area contributed by atoms with E-state index in [-0.39, 0.29) is 12.0 Å². The first-order valence-corrected chi connectivity index (χ1v) is 7.62. The number of methoxy groups -OCH3 is 1. The summed E-state index contributed by atoms with van der Waals surface area (Å²) in [5, 5.41) is 0. The van der Waals surface area contributed by atoms with E-state index < -0.39 is 0 Å². The Morgan fingerprint density at radius 2 is 1.62 bits per heavy atom. The van der Waals surface area contributed by atoms with Crippen LogP contribution in [0, 0.1) is 5.92 Å². The number of ether oxygens (including phenoxy) is 1. The Morgan fingerprint density at radius 1 is 1.00 bits per heavy atom. The predicted octanol–water partition coefficient (Wildman–Crippen LogP) is 4.52. The molecule has 0 saturated heterocycles. The first kappa shape index (κ1) is 15.6. The summed E-state index contributed by atoms with van der Waals surface area (Å²) in [5.41, 5.74) is 9.02. The van der Waals surface area contributed by atoms with Gasteiger partial charge in [0.25, 0.3) is 0 Å². The van der Waals surface area contributed by atoms with E-state index in [1.54, 1.807) is 7.11 Å². The maximum absolute atomic E-state index is 6.64. The Morgan fingerprint density at radius 3 is 2.24 bits per heavy atom. The van der Waals surface area contributed by atoms with Gasteiger partial charge in [-0.2, -0.15) is 0 Å². The van der Waals surface area contributed by atoms with Crippen molar-refractivity contribution in [3.63, 3.8) is 0 Å². The molecule has 2 rings (SSSR count). The molecule has 2 nitrogen and oxygen atoms in total. The lowest BCUT2D eigenvalue weighted by Crippen LogP contribution is -2.25. The van der Waals surface area contributed by atoms with E-state index in [4.69, 9.17) is 10.5 Å². The Bertz CT molecular complexity index is 553. The van der Waals surface area contributed by atoms with E-state index in [0.717, 1.165) is 17.7 Å². The number of nitrogens with two attached hydrogens (primary N) is 1. The number of rotatable bonds is 6. The van der Waals surface area contributed by atoms with Gasteiger partial charge in [-0.05, 0) is 17.5 Å². The largest absolute Gasteiger partial charge is 0.496 e. The molecule has 0 aromatic heterocycles. The second kappa shape index (κ2) is 7.28. The van der Waals surface area contributed by atoms with Gasteiger partial charge in [0.1, 0.15) is 5.75 Å². The Labute approximate surface area is 127 Å². The SMILES string of the molecule is CCC(C)C(c1ccccc1)C(N)c1ccccc1OC. The van der Waals surface area contributed by atoms with E-state index in [0.29, 0.717) is 5.92 Å². The second-order valence-corrected chi connectivity index (χ2v) is 5.59. The van der Waals surface area contributed by atoms with Gasteiger partial charge in [0.15, 0.2) is 0 Å². The Balaban J connectivity index is 2.41. The molecule has 21 heavy (non-hydrogen) atoms. The molecule has 0 heterocycles. The molecular formula is C19H25NO. The number of para-hydroxylation sites is 1. The maximum atomic E-state index is 6.64. The molecule has 0 aliphatic rings. The monoisotopic (exact) mass is 283 g/mol. The summed E-state index contributed by atoms with van der Waals surface area (Å²) in [4.78, 5) is 0. The number of benzene rings is 2. The van der Waals surface area contributed by atoms with Gasteiger partial charge in [-0.1, -0.05) is 68.8 Å². The minimum absolute atomic E-state index is 0.0708. The van der Waals surface area contributed by atoms with E-state index in [1.807, 2.05) is 24.3 Å². The van der Waals surface area contributed by atoms with E-state index >= 15 is 0 Å². The molecule has 0 bridgehead atoms. The molecule has 112 valence electrons. The third-order valence-corrected chi connectivity index (χ3v) is 4.33. The Hall–Kier alpha value is -1.80. The number of hydrogen-bond donors (Lipinski definition) is 1. The van der Waals surface area contributed by atoms with Crippen LogP contribution >= 0.6 is 0 Å². The molecule has 0 saturated carbocycles. The molecule has 0 spiro atoms. The topological polar surface area (TPSA) is 35.2 Å². The van der Waals surface area contributed by atoms with Crippen molar-refractivity contribution in [1.82, 2.24) is 0 Å². The third-order valence-electron chi connectivity index (χ3n) is 4.33. The molecule has 0 fully saturated rings. The molecular weight excluding hydrogens is 258 g/mol. The van der Waals surface area contributed by atoms with Crippen LogP contribution in [0.4, 0.5) is 0 Å². The van der Waals surface area contributed by atoms with Crippen molar-refractivity contribution in [2.75, 3.05) is 7.11 Å². The van der Waals surface area contributed by atoms with Crippen LogP contribution in [0.3, 0.4) is 0 Å². The van der Waals surface area contributed by atoms with Crippen LogP contribution in [-0.2, 0) is 0 Å². The minimum Gasteiger partial charge on any atom is -0.496 e. The van der Waals surface area contributed by atoms with Gasteiger partial charge >= 0.3 is 0 Å². The summed E-state index contributed by atoms with van der Waals surface area (Å²) in [6.07, 6.45) is 1.10. The van der Waals surface area contributed by atoms with Crippen LogP contribution in [-0.4, -0.2) is 7.11 Å². The summed E-state index contributed by atoms with van der Waals surface area (Å²) in [6, 6.07) is 18.5.